The third kappa shape index (κ3) is 3.59. The Morgan fingerprint density at radius 3 is 2.26 bits per heavy atom. The number of rotatable bonds is 3. The normalized spacial score (nSPS) is 17.7. The number of nitrogens with zero attached hydrogens (tertiary/aromatic N) is 2. The molecule has 1 aliphatic heterocycles. The number of hydrogen-bond acceptors (Lipinski definition) is 3. The van der Waals surface area contributed by atoms with Crippen LogP contribution in [-0.4, -0.2) is 66.5 Å². The van der Waals surface area contributed by atoms with Crippen LogP contribution in [0.3, 0.4) is 0 Å². The van der Waals surface area contributed by atoms with Gasteiger partial charge in [-0.25, -0.2) is 4.79 Å². The molecule has 1 aliphatic rings. The molecule has 0 atom stereocenters. The maximum absolute atomic E-state index is 12.1. The highest BCUT2D eigenvalue weighted by atomic mass is 16.4. The SMILES string of the molecule is CNC(=O)CN(C)C(=O)N1CCC(C)(C(=O)O)CC1. The van der Waals surface area contributed by atoms with Crippen LogP contribution < -0.4 is 5.32 Å². The van der Waals surface area contributed by atoms with E-state index in [0.29, 0.717) is 25.9 Å². The molecule has 0 aromatic rings. The maximum Gasteiger partial charge on any atom is 0.320 e. The number of likely N-dealkylation sites (tertiary alicyclic amines) is 1. The number of amides is 3. The summed E-state index contributed by atoms with van der Waals surface area (Å²) < 4.78 is 0. The van der Waals surface area contributed by atoms with Crippen LogP contribution in [0.1, 0.15) is 19.8 Å². The predicted molar refractivity (Wildman–Crippen MR) is 68.6 cm³/mol. The average molecular weight is 271 g/mol. The number of nitrogens with one attached hydrogen (secondary N) is 1. The Labute approximate surface area is 112 Å². The number of carbonyl (C=O) groups is 3. The van der Waals surface area contributed by atoms with Crippen LogP contribution in [0, 0.1) is 5.41 Å². The van der Waals surface area contributed by atoms with Crippen LogP contribution in [0.15, 0.2) is 0 Å². The fraction of sp³-hybridized carbons (Fsp3) is 0.750. The molecule has 1 heterocycles. The smallest absolute Gasteiger partial charge is 0.320 e. The van der Waals surface area contributed by atoms with Crippen molar-refractivity contribution in [2.75, 3.05) is 33.7 Å². The summed E-state index contributed by atoms with van der Waals surface area (Å²) in [7, 11) is 3.07. The van der Waals surface area contributed by atoms with Gasteiger partial charge in [0, 0.05) is 27.2 Å². The highest BCUT2D eigenvalue weighted by Crippen LogP contribution is 2.31. The molecule has 0 aliphatic carbocycles. The minimum atomic E-state index is -0.821. The topological polar surface area (TPSA) is 90.0 Å². The van der Waals surface area contributed by atoms with Crippen molar-refractivity contribution in [2.24, 2.45) is 5.41 Å². The number of carboxylic acids is 1. The molecule has 19 heavy (non-hydrogen) atoms. The second kappa shape index (κ2) is 5.90. The summed E-state index contributed by atoms with van der Waals surface area (Å²) in [6.07, 6.45) is 0.865. The first-order valence-corrected chi connectivity index (χ1v) is 6.24. The van der Waals surface area contributed by atoms with Crippen LogP contribution in [0.25, 0.3) is 0 Å². The molecule has 0 radical (unpaired) electrons. The number of urea groups is 1. The highest BCUT2D eigenvalue weighted by Gasteiger charge is 2.38. The molecule has 3 amide bonds. The fourth-order valence-corrected chi connectivity index (χ4v) is 2.01. The largest absolute Gasteiger partial charge is 0.481 e. The van der Waals surface area contributed by atoms with Crippen LogP contribution in [0.4, 0.5) is 4.79 Å². The van der Waals surface area contributed by atoms with Crippen LogP contribution >= 0.6 is 0 Å². The van der Waals surface area contributed by atoms with E-state index in [9.17, 15) is 14.4 Å². The molecular formula is C12H21N3O4. The summed E-state index contributed by atoms with van der Waals surface area (Å²) in [4.78, 5) is 37.3. The van der Waals surface area contributed by atoms with Crippen molar-refractivity contribution >= 4 is 17.9 Å². The van der Waals surface area contributed by atoms with Gasteiger partial charge >= 0.3 is 12.0 Å². The molecule has 0 bridgehead atoms. The molecule has 0 unspecified atom stereocenters. The zero-order valence-corrected chi connectivity index (χ0v) is 11.6. The summed E-state index contributed by atoms with van der Waals surface area (Å²) in [5.74, 6) is -1.05. The number of hydrogen-bond donors (Lipinski definition) is 2. The standard InChI is InChI=1S/C12H21N3O4/c1-12(10(17)18)4-6-15(7-5-12)11(19)14(3)8-9(16)13-2/h4-8H2,1-3H3,(H,13,16)(H,17,18). The molecule has 0 spiro atoms. The summed E-state index contributed by atoms with van der Waals surface area (Å²) in [6.45, 7) is 2.51. The van der Waals surface area contributed by atoms with Crippen molar-refractivity contribution in [2.45, 2.75) is 19.8 Å². The lowest BCUT2D eigenvalue weighted by Crippen LogP contribution is -2.50. The van der Waals surface area contributed by atoms with Crippen LogP contribution in [0.5, 0.6) is 0 Å². The van der Waals surface area contributed by atoms with E-state index in [1.165, 1.54) is 11.9 Å². The zero-order chi connectivity index (χ0) is 14.6. The number of likely N-dealkylation sites (N-methyl/N-ethyl adjacent to an activating group) is 2. The molecule has 0 aromatic carbocycles. The van der Waals surface area contributed by atoms with Gasteiger partial charge in [-0.3, -0.25) is 9.59 Å². The number of carbonyl (C=O) groups excluding carboxylic acids is 2. The third-order valence-electron chi connectivity index (χ3n) is 3.64. The Bertz CT molecular complexity index is 375. The van der Waals surface area contributed by atoms with Gasteiger partial charge in [0.2, 0.25) is 5.91 Å². The lowest BCUT2D eigenvalue weighted by molar-refractivity contribution is -0.150. The molecular weight excluding hydrogens is 250 g/mol. The molecule has 1 saturated heterocycles. The van der Waals surface area contributed by atoms with Gasteiger partial charge in [-0.1, -0.05) is 0 Å². The molecule has 2 N–H and O–H groups in total. The summed E-state index contributed by atoms with van der Waals surface area (Å²) in [6, 6.07) is -0.240. The zero-order valence-electron chi connectivity index (χ0n) is 11.6. The van der Waals surface area contributed by atoms with E-state index in [0.717, 1.165) is 0 Å². The predicted octanol–water partition coefficient (Wildman–Crippen LogP) is -0.0291. The van der Waals surface area contributed by atoms with E-state index in [2.05, 4.69) is 5.32 Å². The van der Waals surface area contributed by atoms with E-state index >= 15 is 0 Å². The van der Waals surface area contributed by atoms with Gasteiger partial charge in [0.15, 0.2) is 0 Å². The van der Waals surface area contributed by atoms with Gasteiger partial charge < -0.3 is 20.2 Å². The summed E-state index contributed by atoms with van der Waals surface area (Å²) >= 11 is 0. The molecule has 7 nitrogen and oxygen atoms in total. The van der Waals surface area contributed by atoms with Crippen molar-refractivity contribution < 1.29 is 19.5 Å². The Kier molecular flexibility index (Phi) is 4.74. The number of piperidine rings is 1. The van der Waals surface area contributed by atoms with Crippen molar-refractivity contribution in [1.29, 1.82) is 0 Å². The second-order valence-electron chi connectivity index (χ2n) is 5.16. The first-order valence-electron chi connectivity index (χ1n) is 6.24. The van der Waals surface area contributed by atoms with Crippen LogP contribution in [0.2, 0.25) is 0 Å². The molecule has 7 heteroatoms. The van der Waals surface area contributed by atoms with Gasteiger partial charge in [0.25, 0.3) is 0 Å². The Morgan fingerprint density at radius 2 is 1.84 bits per heavy atom. The van der Waals surface area contributed by atoms with E-state index in [1.807, 2.05) is 0 Å². The minimum Gasteiger partial charge on any atom is -0.481 e. The fourth-order valence-electron chi connectivity index (χ4n) is 2.01. The quantitative estimate of drug-likeness (QED) is 0.754. The van der Waals surface area contributed by atoms with Gasteiger partial charge in [-0.15, -0.1) is 0 Å². The molecule has 1 fully saturated rings. The summed E-state index contributed by atoms with van der Waals surface area (Å²) in [5, 5.41) is 11.6. The lowest BCUT2D eigenvalue weighted by Gasteiger charge is -2.37. The molecule has 1 rings (SSSR count). The van der Waals surface area contributed by atoms with Gasteiger partial charge in [-0.05, 0) is 19.8 Å². The average Bonchev–Trinajstić information content (AvgIpc) is 2.38. The van der Waals surface area contributed by atoms with Gasteiger partial charge in [0.05, 0.1) is 5.41 Å². The Balaban J connectivity index is 2.53. The van der Waals surface area contributed by atoms with E-state index in [4.69, 9.17) is 5.11 Å². The van der Waals surface area contributed by atoms with E-state index < -0.39 is 11.4 Å². The van der Waals surface area contributed by atoms with Crippen molar-refractivity contribution in [3.8, 4) is 0 Å². The highest BCUT2D eigenvalue weighted by molar-refractivity contribution is 5.84. The van der Waals surface area contributed by atoms with Crippen molar-refractivity contribution in [3.05, 3.63) is 0 Å². The van der Waals surface area contributed by atoms with Crippen molar-refractivity contribution in [1.82, 2.24) is 15.1 Å². The summed E-state index contributed by atoms with van der Waals surface area (Å²) in [5.41, 5.74) is -0.754. The van der Waals surface area contributed by atoms with Gasteiger partial charge in [0.1, 0.15) is 6.54 Å². The first-order chi connectivity index (χ1) is 8.80. The van der Waals surface area contributed by atoms with Crippen molar-refractivity contribution in [3.63, 3.8) is 0 Å². The van der Waals surface area contributed by atoms with E-state index in [1.54, 1.807) is 18.9 Å². The first kappa shape index (κ1) is 15.3. The van der Waals surface area contributed by atoms with E-state index in [-0.39, 0.29) is 18.5 Å². The molecule has 0 aromatic heterocycles. The monoisotopic (exact) mass is 271 g/mol. The van der Waals surface area contributed by atoms with Gasteiger partial charge in [-0.2, -0.15) is 0 Å². The number of aliphatic carboxylic acids is 1. The Morgan fingerprint density at radius 1 is 1.32 bits per heavy atom. The lowest BCUT2D eigenvalue weighted by atomic mass is 9.80. The molecule has 108 valence electrons. The second-order valence-corrected chi connectivity index (χ2v) is 5.16. The maximum atomic E-state index is 12.1. The van der Waals surface area contributed by atoms with Crippen LogP contribution in [-0.2, 0) is 9.59 Å². The third-order valence-corrected chi connectivity index (χ3v) is 3.64. The minimum absolute atomic E-state index is 0.00202. The Hall–Kier alpha value is -1.79. The molecule has 0 saturated carbocycles. The number of carboxylic acid groups (broad SMARTS) is 1.